The molecule has 27 heavy (non-hydrogen) atoms. The van der Waals surface area contributed by atoms with Gasteiger partial charge in [0.05, 0.1) is 16.9 Å². The SMILES string of the molecule is N#Cc1c(NC(=O)c2nc3c(s2)CNCC3)cccc1-c1ccccc1Cl. The molecule has 7 heteroatoms. The quantitative estimate of drug-likeness (QED) is 0.696. The molecule has 0 aliphatic carbocycles. The van der Waals surface area contributed by atoms with Crippen LogP contribution in [0.5, 0.6) is 0 Å². The van der Waals surface area contributed by atoms with Gasteiger partial charge in [-0.05, 0) is 12.1 Å². The van der Waals surface area contributed by atoms with E-state index in [0.29, 0.717) is 26.8 Å². The van der Waals surface area contributed by atoms with Crippen LogP contribution in [0.2, 0.25) is 5.02 Å². The minimum Gasteiger partial charge on any atom is -0.319 e. The first-order valence-electron chi connectivity index (χ1n) is 8.46. The van der Waals surface area contributed by atoms with E-state index >= 15 is 0 Å². The van der Waals surface area contributed by atoms with Crippen molar-refractivity contribution in [3.8, 4) is 17.2 Å². The zero-order valence-corrected chi connectivity index (χ0v) is 15.8. The number of benzene rings is 2. The number of aromatic nitrogens is 1. The fraction of sp³-hybridized carbons (Fsp3) is 0.150. The largest absolute Gasteiger partial charge is 0.319 e. The summed E-state index contributed by atoms with van der Waals surface area (Å²) in [5, 5.41) is 16.8. The van der Waals surface area contributed by atoms with Gasteiger partial charge in [-0.25, -0.2) is 4.98 Å². The Morgan fingerprint density at radius 2 is 2.04 bits per heavy atom. The number of nitriles is 1. The van der Waals surface area contributed by atoms with Crippen molar-refractivity contribution in [3.63, 3.8) is 0 Å². The van der Waals surface area contributed by atoms with Crippen LogP contribution in [0.3, 0.4) is 0 Å². The van der Waals surface area contributed by atoms with Crippen LogP contribution in [0.25, 0.3) is 11.1 Å². The van der Waals surface area contributed by atoms with Crippen LogP contribution in [0.4, 0.5) is 5.69 Å². The molecule has 4 rings (SSSR count). The Balaban J connectivity index is 1.67. The Labute approximate surface area is 165 Å². The number of carbonyl (C=O) groups excluding carboxylic acids is 1. The number of rotatable bonds is 3. The number of thiazole rings is 1. The van der Waals surface area contributed by atoms with Crippen LogP contribution < -0.4 is 10.6 Å². The molecule has 0 spiro atoms. The van der Waals surface area contributed by atoms with Crippen molar-refractivity contribution in [2.24, 2.45) is 0 Å². The highest BCUT2D eigenvalue weighted by Crippen LogP contribution is 2.33. The van der Waals surface area contributed by atoms with Crippen molar-refractivity contribution in [1.29, 1.82) is 5.26 Å². The summed E-state index contributed by atoms with van der Waals surface area (Å²) in [6, 6.07) is 14.9. The summed E-state index contributed by atoms with van der Waals surface area (Å²) in [6.07, 6.45) is 0.824. The molecule has 5 nitrogen and oxygen atoms in total. The third kappa shape index (κ3) is 3.45. The molecule has 0 radical (unpaired) electrons. The van der Waals surface area contributed by atoms with Crippen molar-refractivity contribution in [3.05, 3.63) is 68.6 Å². The fourth-order valence-electron chi connectivity index (χ4n) is 3.08. The maximum Gasteiger partial charge on any atom is 0.284 e. The Kier molecular flexibility index (Phi) is 4.90. The monoisotopic (exact) mass is 394 g/mol. The van der Waals surface area contributed by atoms with Gasteiger partial charge in [0.1, 0.15) is 6.07 Å². The summed E-state index contributed by atoms with van der Waals surface area (Å²) in [7, 11) is 0. The lowest BCUT2D eigenvalue weighted by molar-refractivity contribution is 0.102. The van der Waals surface area contributed by atoms with Gasteiger partial charge < -0.3 is 10.6 Å². The lowest BCUT2D eigenvalue weighted by atomic mass is 9.99. The van der Waals surface area contributed by atoms with Crippen LogP contribution in [0.15, 0.2) is 42.5 Å². The topological polar surface area (TPSA) is 77.8 Å². The second-order valence-corrected chi connectivity index (χ2v) is 7.58. The highest BCUT2D eigenvalue weighted by molar-refractivity contribution is 7.13. The molecule has 2 N–H and O–H groups in total. The average Bonchev–Trinajstić information content (AvgIpc) is 3.13. The van der Waals surface area contributed by atoms with Gasteiger partial charge in [0.2, 0.25) is 0 Å². The summed E-state index contributed by atoms with van der Waals surface area (Å²) in [6.45, 7) is 1.61. The molecule has 1 aliphatic rings. The van der Waals surface area contributed by atoms with E-state index in [2.05, 4.69) is 21.7 Å². The van der Waals surface area contributed by atoms with Crippen molar-refractivity contribution >= 4 is 34.5 Å². The molecule has 0 atom stereocenters. The molecule has 0 fully saturated rings. The molecule has 1 amide bonds. The number of amides is 1. The molecule has 0 saturated heterocycles. The first-order chi connectivity index (χ1) is 13.2. The molecule has 1 aliphatic heterocycles. The summed E-state index contributed by atoms with van der Waals surface area (Å²) in [4.78, 5) is 18.2. The number of hydrogen-bond donors (Lipinski definition) is 2. The number of fused-ring (bicyclic) bond motifs is 1. The molecule has 3 aromatic rings. The number of carbonyl (C=O) groups is 1. The maximum absolute atomic E-state index is 12.7. The molecular weight excluding hydrogens is 380 g/mol. The summed E-state index contributed by atoms with van der Waals surface area (Å²) >= 11 is 7.68. The third-order valence-corrected chi connectivity index (χ3v) is 5.81. The molecule has 0 bridgehead atoms. The zero-order chi connectivity index (χ0) is 18.8. The van der Waals surface area contributed by atoms with Gasteiger partial charge in [-0.15, -0.1) is 11.3 Å². The van der Waals surface area contributed by atoms with Crippen LogP contribution >= 0.6 is 22.9 Å². The van der Waals surface area contributed by atoms with Gasteiger partial charge in [-0.3, -0.25) is 4.79 Å². The standard InChI is InChI=1S/C20H15ClN4OS/c21-15-6-2-1-4-13(15)12-5-3-7-16(14(12)10-22)24-19(26)20-25-17-8-9-23-11-18(17)27-20/h1-7,23H,8-9,11H2,(H,24,26). The van der Waals surface area contributed by atoms with Crippen LogP contribution in [-0.4, -0.2) is 17.4 Å². The van der Waals surface area contributed by atoms with Gasteiger partial charge in [0.25, 0.3) is 5.91 Å². The smallest absolute Gasteiger partial charge is 0.284 e. The molecule has 134 valence electrons. The van der Waals surface area contributed by atoms with Crippen LogP contribution in [0, 0.1) is 11.3 Å². The van der Waals surface area contributed by atoms with Crippen molar-refractivity contribution < 1.29 is 4.79 Å². The fourth-order valence-corrected chi connectivity index (χ4v) is 4.29. The lowest BCUT2D eigenvalue weighted by Gasteiger charge is -2.11. The predicted octanol–water partition coefficient (Wildman–Crippen LogP) is 4.23. The van der Waals surface area contributed by atoms with E-state index in [0.717, 1.165) is 35.6 Å². The predicted molar refractivity (Wildman–Crippen MR) is 107 cm³/mol. The van der Waals surface area contributed by atoms with E-state index < -0.39 is 0 Å². The second-order valence-electron chi connectivity index (χ2n) is 6.09. The second kappa shape index (κ2) is 7.49. The summed E-state index contributed by atoms with van der Waals surface area (Å²) in [5.41, 5.74) is 3.24. The van der Waals surface area contributed by atoms with E-state index in [4.69, 9.17) is 11.6 Å². The Hall–Kier alpha value is -2.72. The van der Waals surface area contributed by atoms with E-state index in [-0.39, 0.29) is 5.91 Å². The van der Waals surface area contributed by atoms with Crippen LogP contribution in [0.1, 0.15) is 25.9 Å². The molecule has 2 aromatic carbocycles. The van der Waals surface area contributed by atoms with Gasteiger partial charge in [0.15, 0.2) is 5.01 Å². The number of anilines is 1. The number of nitrogens with zero attached hydrogens (tertiary/aromatic N) is 2. The van der Waals surface area contributed by atoms with E-state index in [1.807, 2.05) is 24.3 Å². The molecular formula is C20H15ClN4OS. The van der Waals surface area contributed by atoms with Crippen molar-refractivity contribution in [2.75, 3.05) is 11.9 Å². The van der Waals surface area contributed by atoms with Gasteiger partial charge in [-0.1, -0.05) is 41.9 Å². The van der Waals surface area contributed by atoms with Crippen molar-refractivity contribution in [1.82, 2.24) is 10.3 Å². The highest BCUT2D eigenvalue weighted by atomic mass is 35.5. The Morgan fingerprint density at radius 1 is 1.22 bits per heavy atom. The van der Waals surface area contributed by atoms with Crippen LogP contribution in [-0.2, 0) is 13.0 Å². The minimum atomic E-state index is -0.304. The van der Waals surface area contributed by atoms with Gasteiger partial charge in [-0.2, -0.15) is 5.26 Å². The van der Waals surface area contributed by atoms with E-state index in [1.165, 1.54) is 11.3 Å². The highest BCUT2D eigenvalue weighted by Gasteiger charge is 2.20. The summed E-state index contributed by atoms with van der Waals surface area (Å²) in [5.74, 6) is -0.304. The first kappa shape index (κ1) is 17.7. The zero-order valence-electron chi connectivity index (χ0n) is 14.3. The number of hydrogen-bond acceptors (Lipinski definition) is 5. The average molecular weight is 395 g/mol. The number of halogens is 1. The lowest BCUT2D eigenvalue weighted by Crippen LogP contribution is -2.22. The molecule has 0 unspecified atom stereocenters. The Bertz CT molecular complexity index is 1050. The summed E-state index contributed by atoms with van der Waals surface area (Å²) < 4.78 is 0. The van der Waals surface area contributed by atoms with E-state index in [9.17, 15) is 10.1 Å². The van der Waals surface area contributed by atoms with Gasteiger partial charge in [0, 0.05) is 40.5 Å². The third-order valence-electron chi connectivity index (χ3n) is 4.39. The Morgan fingerprint density at radius 3 is 2.81 bits per heavy atom. The normalized spacial score (nSPS) is 12.9. The van der Waals surface area contributed by atoms with Crippen molar-refractivity contribution in [2.45, 2.75) is 13.0 Å². The maximum atomic E-state index is 12.7. The van der Waals surface area contributed by atoms with E-state index in [1.54, 1.807) is 18.2 Å². The minimum absolute atomic E-state index is 0.304. The first-order valence-corrected chi connectivity index (χ1v) is 9.65. The molecule has 2 heterocycles. The molecule has 1 aromatic heterocycles. The number of nitrogens with one attached hydrogen (secondary N) is 2. The molecule has 0 saturated carbocycles. The van der Waals surface area contributed by atoms with Gasteiger partial charge >= 0.3 is 0 Å².